The number of hydrogen-bond donors (Lipinski definition) is 1. The standard InChI is InChI=1S/C79H88N2O12/c1-5-7-15-42-84-44-46-86-48-50-88-52-54-90-56-58-92-78(82)72-26-17-20-66(60-72)32-30-64-34-38-70(39-35-64)74-28-19-29-75(76(74)77(80-62(3)68-22-11-9-12-23-68)81-63(4)69-24-13-10-14-25-69)71-40-36-65(37-41-71)31-33-67-21-18-27-73(61-67)79(83)93-59-57-91-55-53-89-51-49-87-47-45-85-43-16-8-6-2/h5-6,9-14,17-29,34-41,60-63H,1-2,7-8,15-16,42-59H2,3-4H3,(H,80,81)/t62-,63?/m1/s1. The average Bonchev–Trinajstić information content (AvgIpc) is 0.826. The van der Waals surface area contributed by atoms with Crippen LogP contribution in [0.1, 0.15) is 111 Å². The van der Waals surface area contributed by atoms with E-state index in [-0.39, 0.29) is 38.5 Å². The molecule has 14 nitrogen and oxygen atoms in total. The van der Waals surface area contributed by atoms with E-state index >= 15 is 0 Å². The van der Waals surface area contributed by atoms with Gasteiger partial charge < -0.3 is 52.7 Å². The monoisotopic (exact) mass is 1260 g/mol. The van der Waals surface area contributed by atoms with E-state index in [1.807, 2.05) is 84.9 Å². The summed E-state index contributed by atoms with van der Waals surface area (Å²) < 4.78 is 55.4. The fourth-order valence-electron chi connectivity index (χ4n) is 9.43. The van der Waals surface area contributed by atoms with E-state index in [4.69, 9.17) is 52.4 Å². The molecule has 0 bridgehead atoms. The van der Waals surface area contributed by atoms with Crippen LogP contribution in [-0.2, 0) is 47.4 Å². The maximum atomic E-state index is 13.0. The van der Waals surface area contributed by atoms with Gasteiger partial charge in [-0.3, -0.25) is 4.99 Å². The summed E-state index contributed by atoms with van der Waals surface area (Å²) >= 11 is 0. The van der Waals surface area contributed by atoms with Crippen molar-refractivity contribution in [2.75, 3.05) is 119 Å². The van der Waals surface area contributed by atoms with Gasteiger partial charge in [-0.15, -0.1) is 13.2 Å². The van der Waals surface area contributed by atoms with Crippen LogP contribution in [0.5, 0.6) is 0 Å². The second kappa shape index (κ2) is 43.1. The molecule has 0 fully saturated rings. The van der Waals surface area contributed by atoms with E-state index in [0.29, 0.717) is 115 Å². The maximum Gasteiger partial charge on any atom is 0.338 e. The molecule has 0 saturated heterocycles. The van der Waals surface area contributed by atoms with Gasteiger partial charge in [0.15, 0.2) is 0 Å². The Morgan fingerprint density at radius 2 is 0.763 bits per heavy atom. The highest BCUT2D eigenvalue weighted by molar-refractivity contribution is 6.10. The van der Waals surface area contributed by atoms with Gasteiger partial charge in [0.05, 0.1) is 110 Å². The number of aliphatic imine (C=N–C) groups is 1. The van der Waals surface area contributed by atoms with Gasteiger partial charge in [0, 0.05) is 47.1 Å². The number of hydrogen-bond acceptors (Lipinski definition) is 13. The molecular formula is C79H88N2O12. The van der Waals surface area contributed by atoms with E-state index in [2.05, 4.69) is 123 Å². The van der Waals surface area contributed by atoms with E-state index in [1.165, 1.54) is 0 Å². The Kier molecular flexibility index (Phi) is 33.2. The first-order valence-corrected chi connectivity index (χ1v) is 32.0. The third-order valence-electron chi connectivity index (χ3n) is 14.4. The number of ether oxygens (including phenoxy) is 10. The molecule has 2 atom stereocenters. The second-order valence-electron chi connectivity index (χ2n) is 21.4. The quantitative estimate of drug-likeness (QED) is 0.00968. The number of allylic oxidation sites excluding steroid dienone is 2. The van der Waals surface area contributed by atoms with Gasteiger partial charge in [0.25, 0.3) is 0 Å². The molecule has 93 heavy (non-hydrogen) atoms. The molecule has 7 rings (SSSR count). The molecule has 0 spiro atoms. The summed E-state index contributed by atoms with van der Waals surface area (Å²) in [5.74, 6) is 12.9. The Morgan fingerprint density at radius 3 is 1.16 bits per heavy atom. The fraction of sp³-hybridized carbons (Fsp3) is 0.329. The average molecular weight is 1260 g/mol. The van der Waals surface area contributed by atoms with Crippen molar-refractivity contribution in [2.45, 2.75) is 51.6 Å². The molecule has 0 aliphatic rings. The molecule has 0 aromatic heterocycles. The Balaban J connectivity index is 0.989. The van der Waals surface area contributed by atoms with Crippen molar-refractivity contribution >= 4 is 17.8 Å². The largest absolute Gasteiger partial charge is 0.460 e. The van der Waals surface area contributed by atoms with Gasteiger partial charge in [0.2, 0.25) is 0 Å². The van der Waals surface area contributed by atoms with Crippen molar-refractivity contribution in [3.63, 3.8) is 0 Å². The van der Waals surface area contributed by atoms with Crippen LogP contribution >= 0.6 is 0 Å². The van der Waals surface area contributed by atoms with E-state index in [1.54, 1.807) is 36.4 Å². The van der Waals surface area contributed by atoms with Gasteiger partial charge in [0.1, 0.15) is 19.0 Å². The summed E-state index contributed by atoms with van der Waals surface area (Å²) in [6.45, 7) is 19.4. The Bertz CT molecular complexity index is 3320. The Morgan fingerprint density at radius 1 is 0.409 bits per heavy atom. The third-order valence-corrected chi connectivity index (χ3v) is 14.4. The van der Waals surface area contributed by atoms with Gasteiger partial charge in [-0.2, -0.15) is 0 Å². The van der Waals surface area contributed by atoms with E-state index in [0.717, 1.165) is 81.6 Å². The predicted octanol–water partition coefficient (Wildman–Crippen LogP) is 14.1. The predicted molar refractivity (Wildman–Crippen MR) is 368 cm³/mol. The van der Waals surface area contributed by atoms with Gasteiger partial charge in [-0.1, -0.05) is 151 Å². The van der Waals surface area contributed by atoms with Crippen LogP contribution in [0.4, 0.5) is 0 Å². The van der Waals surface area contributed by atoms with Crippen molar-refractivity contribution in [3.8, 4) is 45.9 Å². The lowest BCUT2D eigenvalue weighted by Crippen LogP contribution is -2.29. The maximum absolute atomic E-state index is 13.0. The van der Waals surface area contributed by atoms with Crippen molar-refractivity contribution in [1.29, 1.82) is 0 Å². The van der Waals surface area contributed by atoms with Crippen LogP contribution in [0, 0.1) is 23.7 Å². The smallest absolute Gasteiger partial charge is 0.338 e. The number of esters is 2. The van der Waals surface area contributed by atoms with Crippen molar-refractivity contribution in [2.24, 2.45) is 4.99 Å². The van der Waals surface area contributed by atoms with Crippen molar-refractivity contribution < 1.29 is 57.0 Å². The number of rotatable bonds is 41. The minimum absolute atomic E-state index is 0.101. The summed E-state index contributed by atoms with van der Waals surface area (Å²) in [5.41, 5.74) is 10.8. The molecule has 0 radical (unpaired) electrons. The number of amidine groups is 1. The fourth-order valence-corrected chi connectivity index (χ4v) is 9.43. The van der Waals surface area contributed by atoms with Gasteiger partial charge in [-0.25, -0.2) is 9.59 Å². The molecule has 0 aliphatic carbocycles. The number of unbranched alkanes of at least 4 members (excludes halogenated alkanes) is 2. The van der Waals surface area contributed by atoms with Gasteiger partial charge in [-0.05, 0) is 134 Å². The van der Waals surface area contributed by atoms with Crippen LogP contribution in [0.2, 0.25) is 0 Å². The number of nitrogens with one attached hydrogen (secondary N) is 1. The Labute approximate surface area is 550 Å². The SMILES string of the molecule is C=CCCCOCCOCCOCCOCCOC(=O)c1cccc(C#Cc2ccc(-c3cccc(-c4ccc(C#Cc5cccc(C(=O)OCCOCCOCCOCCOCCCC=C)c5)cc4)c3C(=N[C@H](C)c3ccccc3)NC(C)c3ccccc3)cc2)c1. The molecular weight excluding hydrogens is 1170 g/mol. The highest BCUT2D eigenvalue weighted by Gasteiger charge is 2.21. The summed E-state index contributed by atoms with van der Waals surface area (Å²) in [4.78, 5) is 31.6. The molecule has 0 saturated carbocycles. The zero-order valence-corrected chi connectivity index (χ0v) is 53.9. The first-order chi connectivity index (χ1) is 45.8. The molecule has 7 aromatic carbocycles. The number of carbonyl (C=O) groups excluding carboxylic acids is 2. The van der Waals surface area contributed by atoms with Crippen LogP contribution < -0.4 is 5.32 Å². The molecule has 486 valence electrons. The Hall–Kier alpha value is -8.77. The van der Waals surface area contributed by atoms with Crippen molar-refractivity contribution in [1.82, 2.24) is 5.32 Å². The summed E-state index contributed by atoms with van der Waals surface area (Å²) in [6, 6.07) is 57.3. The zero-order valence-electron chi connectivity index (χ0n) is 53.9. The minimum Gasteiger partial charge on any atom is -0.460 e. The normalized spacial score (nSPS) is 11.7. The second-order valence-corrected chi connectivity index (χ2v) is 21.4. The van der Waals surface area contributed by atoms with Crippen LogP contribution in [0.15, 0.2) is 206 Å². The number of carbonyl (C=O) groups is 2. The van der Waals surface area contributed by atoms with Gasteiger partial charge >= 0.3 is 11.9 Å². The van der Waals surface area contributed by atoms with Crippen LogP contribution in [0.3, 0.4) is 0 Å². The molecule has 1 unspecified atom stereocenters. The van der Waals surface area contributed by atoms with E-state index < -0.39 is 11.9 Å². The summed E-state index contributed by atoms with van der Waals surface area (Å²) in [5, 5.41) is 3.87. The lowest BCUT2D eigenvalue weighted by molar-refractivity contribution is -0.00908. The van der Waals surface area contributed by atoms with Crippen LogP contribution in [0.25, 0.3) is 22.3 Å². The molecule has 7 aromatic rings. The topological polar surface area (TPSA) is 151 Å². The third kappa shape index (κ3) is 26.8. The van der Waals surface area contributed by atoms with Crippen molar-refractivity contribution in [3.05, 3.63) is 251 Å². The molecule has 0 aliphatic heterocycles. The summed E-state index contributed by atoms with van der Waals surface area (Å²) in [7, 11) is 0. The first-order valence-electron chi connectivity index (χ1n) is 32.0. The minimum atomic E-state index is -0.455. The first kappa shape index (κ1) is 71.7. The zero-order chi connectivity index (χ0) is 65.2. The van der Waals surface area contributed by atoms with E-state index in [9.17, 15) is 9.59 Å². The highest BCUT2D eigenvalue weighted by Crippen LogP contribution is 2.35. The lowest BCUT2D eigenvalue weighted by Gasteiger charge is -2.24. The highest BCUT2D eigenvalue weighted by atomic mass is 16.6. The number of benzene rings is 7. The number of nitrogens with zero attached hydrogens (tertiary/aromatic N) is 1. The molecule has 1 N–H and O–H groups in total. The lowest BCUT2D eigenvalue weighted by atomic mass is 9.89. The molecule has 0 heterocycles. The molecule has 0 amide bonds. The molecule has 14 heteroatoms. The summed E-state index contributed by atoms with van der Waals surface area (Å²) in [6.07, 6.45) is 7.59. The van der Waals surface area contributed by atoms with Crippen LogP contribution in [-0.4, -0.2) is 137 Å².